The summed E-state index contributed by atoms with van der Waals surface area (Å²) in [5, 5.41) is 2.28. The number of anilines is 2. The van der Waals surface area contributed by atoms with Crippen molar-refractivity contribution in [1.82, 2.24) is 4.98 Å². The molecule has 0 radical (unpaired) electrons. The Morgan fingerprint density at radius 3 is 2.31 bits per heavy atom. The van der Waals surface area contributed by atoms with Crippen LogP contribution in [0.1, 0.15) is 6.92 Å². The van der Waals surface area contributed by atoms with Crippen molar-refractivity contribution in [2.75, 3.05) is 11.9 Å². The van der Waals surface area contributed by atoms with E-state index in [0.717, 1.165) is 33.4 Å². The fourth-order valence-electron chi connectivity index (χ4n) is 3.06. The third kappa shape index (κ3) is 6.12. The summed E-state index contributed by atoms with van der Waals surface area (Å²) in [6, 6.07) is 29.8. The average Bonchev–Trinajstić information content (AvgIpc) is 2.84. The molecule has 1 heterocycles. The molecular weight excluding hydrogens is 573 g/mol. The molecule has 4 aromatic rings. The number of nitrogens with zero attached hydrogens (tertiary/aromatic N) is 3. The van der Waals surface area contributed by atoms with Crippen LogP contribution in [0.2, 0.25) is 0 Å². The van der Waals surface area contributed by atoms with Gasteiger partial charge in [0.15, 0.2) is 0 Å². The molecule has 0 N–H and O–H groups in total. The standard InChI is InChI=1S/C25H18N2.C3H7N.Pt/c1-3-19(2)27(23-13-5-4-6-14-23)24-15-9-12-21(16-24)25-17-20-10-7-8-11-22(20)18-26-25;1-3-4-2;/h4-15,17-18H,1-2H2;3H,1-2H3;/q-2;;+2. The third-order valence-corrected chi connectivity index (χ3v) is 4.67. The number of rotatable bonds is 5. The van der Waals surface area contributed by atoms with Gasteiger partial charge < -0.3 is 14.9 Å². The zero-order valence-electron chi connectivity index (χ0n) is 18.2. The molecule has 0 spiro atoms. The quantitative estimate of drug-likeness (QED) is 0.140. The maximum absolute atomic E-state index is 4.62. The second kappa shape index (κ2) is 12.5. The molecule has 4 rings (SSSR count). The molecule has 162 valence electrons. The van der Waals surface area contributed by atoms with Gasteiger partial charge in [0.25, 0.3) is 0 Å². The molecule has 3 aromatic carbocycles. The first-order chi connectivity index (χ1) is 15.2. The van der Waals surface area contributed by atoms with Gasteiger partial charge in [0, 0.05) is 18.9 Å². The van der Waals surface area contributed by atoms with E-state index in [4.69, 9.17) is 0 Å². The van der Waals surface area contributed by atoms with Crippen LogP contribution in [0.15, 0.2) is 109 Å². The van der Waals surface area contributed by atoms with Gasteiger partial charge >= 0.3 is 21.1 Å². The van der Waals surface area contributed by atoms with Gasteiger partial charge in [-0.05, 0) is 47.4 Å². The maximum Gasteiger partial charge on any atom is 2.00 e. The number of aromatic nitrogens is 1. The molecule has 0 unspecified atom stereocenters. The Morgan fingerprint density at radius 2 is 1.66 bits per heavy atom. The van der Waals surface area contributed by atoms with Gasteiger partial charge in [-0.2, -0.15) is 6.58 Å². The van der Waals surface area contributed by atoms with Crippen LogP contribution in [0.5, 0.6) is 0 Å². The summed E-state index contributed by atoms with van der Waals surface area (Å²) in [7, 11) is 1.75. The van der Waals surface area contributed by atoms with Crippen LogP contribution in [0.4, 0.5) is 11.4 Å². The van der Waals surface area contributed by atoms with E-state index in [-0.39, 0.29) is 21.1 Å². The SMILES string of the molecule is C=[C-]C(=C)N(c1[c-]c(-c2cc3ccccc3cn2)ccc1)c1ccccc1.CC=NC.[Pt+2]. The van der Waals surface area contributed by atoms with Gasteiger partial charge in [-0.15, -0.1) is 35.5 Å². The first-order valence-electron chi connectivity index (χ1n) is 9.99. The van der Waals surface area contributed by atoms with Gasteiger partial charge in [-0.3, -0.25) is 0 Å². The number of aliphatic imine (C=N–C) groups is 1. The van der Waals surface area contributed by atoms with E-state index in [1.54, 1.807) is 13.3 Å². The summed E-state index contributed by atoms with van der Waals surface area (Å²) >= 11 is 0. The summed E-state index contributed by atoms with van der Waals surface area (Å²) in [4.78, 5) is 10.2. The minimum Gasteiger partial charge on any atom is -0.365 e. The predicted molar refractivity (Wildman–Crippen MR) is 133 cm³/mol. The fraction of sp³-hybridized carbons (Fsp3) is 0.0714. The van der Waals surface area contributed by atoms with Gasteiger partial charge in [-0.1, -0.05) is 48.5 Å². The molecule has 32 heavy (non-hydrogen) atoms. The molecule has 0 aliphatic rings. The van der Waals surface area contributed by atoms with Gasteiger partial charge in [0.2, 0.25) is 0 Å². The Hall–Kier alpha value is -3.29. The van der Waals surface area contributed by atoms with E-state index in [1.807, 2.05) is 78.7 Å². The predicted octanol–water partition coefficient (Wildman–Crippen LogP) is 7.05. The Balaban J connectivity index is 0.000000672. The van der Waals surface area contributed by atoms with Crippen molar-refractivity contribution in [3.63, 3.8) is 0 Å². The Bertz CT molecular complexity index is 1200. The molecule has 0 saturated carbocycles. The maximum atomic E-state index is 4.62. The van der Waals surface area contributed by atoms with Crippen LogP contribution >= 0.6 is 0 Å². The second-order valence-electron chi connectivity index (χ2n) is 6.68. The van der Waals surface area contributed by atoms with Crippen LogP contribution in [-0.4, -0.2) is 18.2 Å². The average molecular weight is 599 g/mol. The number of benzene rings is 3. The van der Waals surface area contributed by atoms with Crippen LogP contribution in [-0.2, 0) is 21.1 Å². The number of hydrogen-bond acceptors (Lipinski definition) is 3. The third-order valence-electron chi connectivity index (χ3n) is 4.67. The second-order valence-corrected chi connectivity index (χ2v) is 6.68. The fourth-order valence-corrected chi connectivity index (χ4v) is 3.06. The normalized spacial score (nSPS) is 10.1. The van der Waals surface area contributed by atoms with Crippen molar-refractivity contribution < 1.29 is 21.1 Å². The molecule has 1 aromatic heterocycles. The topological polar surface area (TPSA) is 28.5 Å². The molecule has 0 amide bonds. The van der Waals surface area contributed by atoms with E-state index >= 15 is 0 Å². The van der Waals surface area contributed by atoms with Crippen molar-refractivity contribution in [1.29, 1.82) is 0 Å². The Kier molecular flexibility index (Phi) is 9.78. The zero-order chi connectivity index (χ0) is 22.1. The summed E-state index contributed by atoms with van der Waals surface area (Å²) < 4.78 is 0. The minimum atomic E-state index is 0. The first kappa shape index (κ1) is 25.0. The number of hydrogen-bond donors (Lipinski definition) is 0. The van der Waals surface area contributed by atoms with Crippen molar-refractivity contribution in [2.45, 2.75) is 6.92 Å². The molecule has 0 bridgehead atoms. The summed E-state index contributed by atoms with van der Waals surface area (Å²) in [6.07, 6.45) is 6.54. The van der Waals surface area contributed by atoms with Gasteiger partial charge in [-0.25, -0.2) is 12.7 Å². The number of para-hydroxylation sites is 1. The van der Waals surface area contributed by atoms with Crippen LogP contribution < -0.4 is 4.90 Å². The van der Waals surface area contributed by atoms with Crippen molar-refractivity contribution in [3.8, 4) is 11.3 Å². The van der Waals surface area contributed by atoms with E-state index in [0.29, 0.717) is 5.70 Å². The van der Waals surface area contributed by atoms with Crippen LogP contribution in [0.25, 0.3) is 22.0 Å². The van der Waals surface area contributed by atoms with Crippen molar-refractivity contribution in [2.24, 2.45) is 4.99 Å². The molecule has 0 aliphatic heterocycles. The molecule has 0 fully saturated rings. The van der Waals surface area contributed by atoms with Crippen molar-refractivity contribution in [3.05, 3.63) is 116 Å². The van der Waals surface area contributed by atoms with E-state index in [2.05, 4.69) is 53.5 Å². The van der Waals surface area contributed by atoms with E-state index in [9.17, 15) is 0 Å². The minimum absolute atomic E-state index is 0. The van der Waals surface area contributed by atoms with E-state index < -0.39 is 0 Å². The number of pyridine rings is 1. The smallest absolute Gasteiger partial charge is 0.365 e. The molecule has 4 heteroatoms. The molecular formula is C28H25N3Pt. The molecule has 3 nitrogen and oxygen atoms in total. The zero-order valence-corrected chi connectivity index (χ0v) is 20.5. The molecule has 0 atom stereocenters. The largest absolute Gasteiger partial charge is 2.00 e. The van der Waals surface area contributed by atoms with Gasteiger partial charge in [0.05, 0.1) is 0 Å². The molecule has 0 aliphatic carbocycles. The van der Waals surface area contributed by atoms with E-state index in [1.165, 1.54) is 0 Å². The van der Waals surface area contributed by atoms with Crippen molar-refractivity contribution >= 4 is 28.4 Å². The Labute approximate surface area is 205 Å². The summed E-state index contributed by atoms with van der Waals surface area (Å²) in [5.74, 6) is 0. The summed E-state index contributed by atoms with van der Waals surface area (Å²) in [6.45, 7) is 9.73. The van der Waals surface area contributed by atoms with Crippen LogP contribution in [0, 0.1) is 12.1 Å². The number of allylic oxidation sites excluding steroid dienone is 1. The van der Waals surface area contributed by atoms with Gasteiger partial charge in [0.1, 0.15) is 0 Å². The summed E-state index contributed by atoms with van der Waals surface area (Å²) in [5.41, 5.74) is 4.34. The first-order valence-corrected chi connectivity index (χ1v) is 9.99. The Morgan fingerprint density at radius 1 is 1.00 bits per heavy atom. The monoisotopic (exact) mass is 598 g/mol. The molecule has 0 saturated heterocycles. The number of fused-ring (bicyclic) bond motifs is 1. The van der Waals surface area contributed by atoms with Crippen LogP contribution in [0.3, 0.4) is 0 Å².